The molecule has 19 heavy (non-hydrogen) atoms. The molecule has 0 fully saturated rings. The maximum Gasteiger partial charge on any atom is 0.119 e. The first-order chi connectivity index (χ1) is 9.19. The van der Waals surface area contributed by atoms with Crippen molar-refractivity contribution in [2.45, 2.75) is 39.0 Å². The summed E-state index contributed by atoms with van der Waals surface area (Å²) in [5.41, 5.74) is 14.4. The molecule has 3 heteroatoms. The molecule has 0 aliphatic heterocycles. The molecule has 1 unspecified atom stereocenters. The zero-order valence-corrected chi connectivity index (χ0v) is 12.5. The summed E-state index contributed by atoms with van der Waals surface area (Å²) in [7, 11) is 1.71. The predicted molar refractivity (Wildman–Crippen MR) is 81.6 cm³/mol. The fraction of sp³-hybridized carbons (Fsp3) is 0.625. The van der Waals surface area contributed by atoms with E-state index >= 15 is 0 Å². The van der Waals surface area contributed by atoms with Crippen molar-refractivity contribution in [1.29, 1.82) is 0 Å². The topological polar surface area (TPSA) is 61.3 Å². The van der Waals surface area contributed by atoms with Crippen LogP contribution in [0, 0.1) is 5.92 Å². The second-order valence-corrected chi connectivity index (χ2v) is 5.10. The van der Waals surface area contributed by atoms with Crippen molar-refractivity contribution in [3.63, 3.8) is 0 Å². The van der Waals surface area contributed by atoms with Crippen molar-refractivity contribution in [2.24, 2.45) is 17.4 Å². The SMILES string of the molecule is CCc1cc(OC)ccc1C(CC)CC(CN)CN. The van der Waals surface area contributed by atoms with Crippen LogP contribution in [0.2, 0.25) is 0 Å². The van der Waals surface area contributed by atoms with Crippen molar-refractivity contribution in [3.05, 3.63) is 29.3 Å². The number of hydrogen-bond donors (Lipinski definition) is 2. The van der Waals surface area contributed by atoms with Gasteiger partial charge in [-0.2, -0.15) is 0 Å². The van der Waals surface area contributed by atoms with E-state index in [-0.39, 0.29) is 0 Å². The van der Waals surface area contributed by atoms with Crippen LogP contribution in [0.3, 0.4) is 0 Å². The van der Waals surface area contributed by atoms with E-state index in [4.69, 9.17) is 16.2 Å². The van der Waals surface area contributed by atoms with E-state index in [1.54, 1.807) is 7.11 Å². The minimum atomic E-state index is 0.414. The number of nitrogens with two attached hydrogens (primary N) is 2. The Morgan fingerprint density at radius 3 is 2.32 bits per heavy atom. The van der Waals surface area contributed by atoms with Crippen LogP contribution in [0.5, 0.6) is 5.75 Å². The molecule has 0 aromatic heterocycles. The molecular formula is C16H28N2O. The van der Waals surface area contributed by atoms with E-state index in [1.807, 2.05) is 0 Å². The molecule has 0 saturated heterocycles. The van der Waals surface area contributed by atoms with Gasteiger partial charge in [-0.05, 0) is 67.4 Å². The quantitative estimate of drug-likeness (QED) is 0.759. The highest BCUT2D eigenvalue weighted by atomic mass is 16.5. The van der Waals surface area contributed by atoms with Crippen LogP contribution in [0.1, 0.15) is 43.7 Å². The molecule has 0 heterocycles. The number of hydrogen-bond acceptors (Lipinski definition) is 3. The molecular weight excluding hydrogens is 236 g/mol. The van der Waals surface area contributed by atoms with E-state index < -0.39 is 0 Å². The van der Waals surface area contributed by atoms with Crippen LogP contribution in [-0.4, -0.2) is 20.2 Å². The normalized spacial score (nSPS) is 12.7. The van der Waals surface area contributed by atoms with Crippen molar-refractivity contribution in [1.82, 2.24) is 0 Å². The standard InChI is InChI=1S/C16H28N2O/c1-4-13(8-12(10-17)11-18)16-7-6-15(19-3)9-14(16)5-2/h6-7,9,12-13H,4-5,8,10-11,17-18H2,1-3H3. The van der Waals surface area contributed by atoms with Gasteiger partial charge in [0.25, 0.3) is 0 Å². The van der Waals surface area contributed by atoms with Gasteiger partial charge in [0, 0.05) is 0 Å². The Kier molecular flexibility index (Phi) is 6.89. The van der Waals surface area contributed by atoms with E-state index in [2.05, 4.69) is 32.0 Å². The lowest BCUT2D eigenvalue weighted by Gasteiger charge is -2.23. The molecule has 0 radical (unpaired) electrons. The summed E-state index contributed by atoms with van der Waals surface area (Å²) in [6.07, 6.45) is 3.22. The van der Waals surface area contributed by atoms with E-state index in [0.717, 1.165) is 25.0 Å². The Morgan fingerprint density at radius 1 is 1.16 bits per heavy atom. The number of aryl methyl sites for hydroxylation is 1. The van der Waals surface area contributed by atoms with E-state index in [0.29, 0.717) is 24.9 Å². The monoisotopic (exact) mass is 264 g/mol. The third-order valence-corrected chi connectivity index (χ3v) is 3.95. The Hall–Kier alpha value is -1.06. The van der Waals surface area contributed by atoms with E-state index in [9.17, 15) is 0 Å². The summed E-state index contributed by atoms with van der Waals surface area (Å²) in [5.74, 6) is 1.89. The highest BCUT2D eigenvalue weighted by Gasteiger charge is 2.17. The smallest absolute Gasteiger partial charge is 0.119 e. The summed E-state index contributed by atoms with van der Waals surface area (Å²) in [4.78, 5) is 0. The molecule has 0 aliphatic carbocycles. The van der Waals surface area contributed by atoms with Crippen molar-refractivity contribution in [3.8, 4) is 5.75 Å². The summed E-state index contributed by atoms with van der Waals surface area (Å²) < 4.78 is 5.31. The largest absolute Gasteiger partial charge is 0.497 e. The molecule has 0 aliphatic rings. The zero-order chi connectivity index (χ0) is 14.3. The molecule has 1 aromatic rings. The Balaban J connectivity index is 2.96. The van der Waals surface area contributed by atoms with E-state index in [1.165, 1.54) is 11.1 Å². The summed E-state index contributed by atoms with van der Waals surface area (Å²) in [6, 6.07) is 6.41. The molecule has 1 rings (SSSR count). The minimum absolute atomic E-state index is 0.414. The van der Waals surface area contributed by atoms with Crippen LogP contribution in [0.15, 0.2) is 18.2 Å². The molecule has 0 amide bonds. The summed E-state index contributed by atoms with van der Waals surface area (Å²) in [5, 5.41) is 0. The number of ether oxygens (including phenoxy) is 1. The van der Waals surface area contributed by atoms with Gasteiger partial charge in [0.2, 0.25) is 0 Å². The molecule has 1 aromatic carbocycles. The maximum absolute atomic E-state index is 5.78. The molecule has 0 bridgehead atoms. The van der Waals surface area contributed by atoms with Gasteiger partial charge in [0.1, 0.15) is 5.75 Å². The van der Waals surface area contributed by atoms with Crippen LogP contribution >= 0.6 is 0 Å². The minimum Gasteiger partial charge on any atom is -0.497 e. The lowest BCUT2D eigenvalue weighted by molar-refractivity contribution is 0.412. The molecule has 4 N–H and O–H groups in total. The fourth-order valence-corrected chi connectivity index (χ4v) is 2.62. The molecule has 0 saturated carbocycles. The lowest BCUT2D eigenvalue weighted by Crippen LogP contribution is -2.25. The number of methoxy groups -OCH3 is 1. The van der Waals surface area contributed by atoms with Gasteiger partial charge in [0.05, 0.1) is 7.11 Å². The number of benzene rings is 1. The van der Waals surface area contributed by atoms with Crippen molar-refractivity contribution in [2.75, 3.05) is 20.2 Å². The predicted octanol–water partition coefficient (Wildman–Crippen LogP) is 2.67. The first kappa shape index (κ1) is 16.0. The van der Waals surface area contributed by atoms with Gasteiger partial charge in [-0.3, -0.25) is 0 Å². The third-order valence-electron chi connectivity index (χ3n) is 3.95. The Bertz CT molecular complexity index is 375. The van der Waals surface area contributed by atoms with Crippen LogP contribution in [0.25, 0.3) is 0 Å². The van der Waals surface area contributed by atoms with Gasteiger partial charge in [-0.15, -0.1) is 0 Å². The Labute approximate surface area is 117 Å². The average molecular weight is 264 g/mol. The van der Waals surface area contributed by atoms with Crippen LogP contribution in [-0.2, 0) is 6.42 Å². The zero-order valence-electron chi connectivity index (χ0n) is 12.5. The van der Waals surface area contributed by atoms with Gasteiger partial charge in [0.15, 0.2) is 0 Å². The average Bonchev–Trinajstić information content (AvgIpc) is 2.48. The second-order valence-electron chi connectivity index (χ2n) is 5.10. The Morgan fingerprint density at radius 2 is 1.84 bits per heavy atom. The fourth-order valence-electron chi connectivity index (χ4n) is 2.62. The first-order valence-corrected chi connectivity index (χ1v) is 7.26. The van der Waals surface area contributed by atoms with Gasteiger partial charge in [-0.25, -0.2) is 0 Å². The molecule has 0 spiro atoms. The highest BCUT2D eigenvalue weighted by molar-refractivity contribution is 5.37. The second kappa shape index (κ2) is 8.18. The van der Waals surface area contributed by atoms with Gasteiger partial charge in [-0.1, -0.05) is 19.9 Å². The summed E-state index contributed by atoms with van der Waals surface area (Å²) in [6.45, 7) is 5.77. The molecule has 3 nitrogen and oxygen atoms in total. The van der Waals surface area contributed by atoms with Gasteiger partial charge >= 0.3 is 0 Å². The molecule has 1 atom stereocenters. The lowest BCUT2D eigenvalue weighted by atomic mass is 9.84. The van der Waals surface area contributed by atoms with Crippen molar-refractivity contribution < 1.29 is 4.74 Å². The van der Waals surface area contributed by atoms with Gasteiger partial charge < -0.3 is 16.2 Å². The molecule has 108 valence electrons. The number of rotatable bonds is 8. The third kappa shape index (κ3) is 4.22. The summed E-state index contributed by atoms with van der Waals surface area (Å²) >= 11 is 0. The van der Waals surface area contributed by atoms with Crippen LogP contribution < -0.4 is 16.2 Å². The van der Waals surface area contributed by atoms with Crippen LogP contribution in [0.4, 0.5) is 0 Å². The highest BCUT2D eigenvalue weighted by Crippen LogP contribution is 2.31. The maximum atomic E-state index is 5.78. The van der Waals surface area contributed by atoms with Crippen molar-refractivity contribution >= 4 is 0 Å². The first-order valence-electron chi connectivity index (χ1n) is 7.26.